The molecule has 0 fully saturated rings. The van der Waals surface area contributed by atoms with E-state index in [1.165, 1.54) is 41.0 Å². The largest absolute Gasteiger partial charge is 0.477 e. The van der Waals surface area contributed by atoms with Crippen molar-refractivity contribution in [3.8, 4) is 0 Å². The van der Waals surface area contributed by atoms with Gasteiger partial charge >= 0.3 is 5.97 Å². The molecule has 7 heterocycles. The minimum atomic E-state index is -1.02. The van der Waals surface area contributed by atoms with Gasteiger partial charge in [-0.1, -0.05) is 11.3 Å². The monoisotopic (exact) mass is 746 g/mol. The Labute approximate surface area is 318 Å². The maximum absolute atomic E-state index is 14.0. The summed E-state index contributed by atoms with van der Waals surface area (Å²) in [6, 6.07) is 21.1. The summed E-state index contributed by atoms with van der Waals surface area (Å²) >= 11 is 1.43. The number of azo groups is 1. The Morgan fingerprint density at radius 3 is 2.00 bits per heavy atom. The second kappa shape index (κ2) is 12.1. The van der Waals surface area contributed by atoms with E-state index in [0.29, 0.717) is 42.3 Å². The summed E-state index contributed by atoms with van der Waals surface area (Å²) in [7, 11) is 0. The number of aromatic nitrogens is 3. The first-order chi connectivity index (χ1) is 26.9. The van der Waals surface area contributed by atoms with Crippen LogP contribution in [0.1, 0.15) is 66.4 Å². The van der Waals surface area contributed by atoms with Gasteiger partial charge in [0.25, 0.3) is 11.8 Å². The van der Waals surface area contributed by atoms with Gasteiger partial charge in [0.15, 0.2) is 0 Å². The van der Waals surface area contributed by atoms with Crippen LogP contribution >= 0.6 is 11.3 Å². The molecule has 55 heavy (non-hydrogen) atoms. The van der Waals surface area contributed by atoms with Crippen LogP contribution in [0.4, 0.5) is 27.9 Å². The van der Waals surface area contributed by atoms with Crippen molar-refractivity contribution in [2.75, 3.05) is 40.9 Å². The van der Waals surface area contributed by atoms with Gasteiger partial charge in [-0.25, -0.2) is 9.78 Å². The lowest BCUT2D eigenvalue weighted by molar-refractivity contribution is 0.0691. The number of carbonyl (C=O) groups excluding carboxylic acids is 2. The number of H-pyrrole nitrogens is 2. The fourth-order valence-electron chi connectivity index (χ4n) is 9.21. The van der Waals surface area contributed by atoms with E-state index in [4.69, 9.17) is 4.98 Å². The summed E-state index contributed by atoms with van der Waals surface area (Å²) < 4.78 is 0.877. The molecule has 4 aliphatic rings. The molecule has 11 rings (SSSR count). The van der Waals surface area contributed by atoms with Gasteiger partial charge < -0.3 is 29.8 Å². The molecule has 3 aromatic heterocycles. The van der Waals surface area contributed by atoms with Crippen molar-refractivity contribution in [1.29, 1.82) is 0 Å². The third-order valence-corrected chi connectivity index (χ3v) is 12.6. The summed E-state index contributed by atoms with van der Waals surface area (Å²) in [5.41, 5.74) is 12.2. The van der Waals surface area contributed by atoms with Crippen LogP contribution < -0.4 is 14.7 Å². The first kappa shape index (κ1) is 32.1. The summed E-state index contributed by atoms with van der Waals surface area (Å²) in [5.74, 6) is -1.25. The van der Waals surface area contributed by atoms with Crippen molar-refractivity contribution >= 4 is 89.0 Å². The Balaban J connectivity index is 0.835. The van der Waals surface area contributed by atoms with E-state index >= 15 is 0 Å². The molecule has 0 spiro atoms. The second-order valence-corrected chi connectivity index (χ2v) is 15.8. The number of rotatable bonds is 5. The van der Waals surface area contributed by atoms with Crippen LogP contribution in [-0.4, -0.2) is 64.0 Å². The van der Waals surface area contributed by atoms with Crippen molar-refractivity contribution in [2.45, 2.75) is 38.5 Å². The van der Waals surface area contributed by atoms with Crippen molar-refractivity contribution in [2.24, 2.45) is 10.2 Å². The molecule has 13 heteroatoms. The molecule has 2 amide bonds. The van der Waals surface area contributed by atoms with Crippen LogP contribution in [0.2, 0.25) is 0 Å². The Kier molecular flexibility index (Phi) is 7.06. The molecule has 0 unspecified atom stereocenters. The maximum Gasteiger partial charge on any atom is 0.352 e. The van der Waals surface area contributed by atoms with Gasteiger partial charge in [0.05, 0.1) is 15.9 Å². The highest BCUT2D eigenvalue weighted by Gasteiger charge is 2.32. The number of hydrogen-bond donors (Lipinski definition) is 3. The number of aromatic carboxylic acids is 1. The Morgan fingerprint density at radius 2 is 1.33 bits per heavy atom. The number of carboxylic acids is 1. The molecule has 0 saturated carbocycles. The third kappa shape index (κ3) is 5.09. The summed E-state index contributed by atoms with van der Waals surface area (Å²) in [6.07, 6.45) is 5.79. The van der Waals surface area contributed by atoms with E-state index in [1.54, 1.807) is 11.0 Å². The molecule has 12 nitrogen and oxygen atoms in total. The first-order valence-electron chi connectivity index (χ1n) is 18.8. The topological polar surface area (TPSA) is 150 Å². The lowest BCUT2D eigenvalue weighted by atomic mass is 9.91. The number of thiazole rings is 1. The Hall–Kier alpha value is -6.34. The van der Waals surface area contributed by atoms with Crippen LogP contribution in [-0.2, 0) is 25.7 Å². The van der Waals surface area contributed by atoms with E-state index in [1.807, 2.05) is 53.4 Å². The highest BCUT2D eigenvalue weighted by Crippen LogP contribution is 2.41. The predicted molar refractivity (Wildman–Crippen MR) is 213 cm³/mol. The van der Waals surface area contributed by atoms with Crippen LogP contribution in [0.15, 0.2) is 77.0 Å². The fourth-order valence-corrected chi connectivity index (χ4v) is 10.0. The predicted octanol–water partition coefficient (Wildman–Crippen LogP) is 8.48. The molecule has 0 atom stereocenters. The Bertz CT molecular complexity index is 2820. The van der Waals surface area contributed by atoms with E-state index < -0.39 is 5.97 Å². The number of nitrogens with one attached hydrogen (secondary N) is 2. The van der Waals surface area contributed by atoms with Gasteiger partial charge in [0.2, 0.25) is 5.13 Å². The van der Waals surface area contributed by atoms with E-state index in [9.17, 15) is 19.5 Å². The molecule has 3 N–H and O–H groups in total. The number of fused-ring (bicyclic) bond motifs is 7. The number of aromatic amines is 2. The van der Waals surface area contributed by atoms with Gasteiger partial charge in [-0.15, -0.1) is 10.2 Å². The number of aryl methyl sites for hydroxylation is 2. The third-order valence-electron chi connectivity index (χ3n) is 11.7. The number of hydrogen-bond acceptors (Lipinski definition) is 8. The smallest absolute Gasteiger partial charge is 0.352 e. The minimum absolute atomic E-state index is 0.0868. The fraction of sp³-hybridized carbons (Fsp3) is 0.238. The zero-order chi connectivity index (χ0) is 36.9. The first-order valence-corrected chi connectivity index (χ1v) is 19.6. The standard InChI is InChI=1S/C42H34N8O4S/c51-39(24-5-6-32-37(19-24)55-42(45-32)47-46-25-17-22-3-1-13-48-14-2-4-23(18-25)38(22)48)49-15-11-26-28-20-33(43-30(28)7-9-35(26)49)40(52)50-16-12-27-29-21-34(41(53)54)44-31(29)8-10-36(27)50/h5-10,17-21,43-44H,1-4,11-16H2,(H,53,54). The molecule has 4 aliphatic heterocycles. The second-order valence-electron chi connectivity index (χ2n) is 14.8. The molecular weight excluding hydrogens is 713 g/mol. The van der Waals surface area contributed by atoms with Crippen molar-refractivity contribution in [3.05, 3.63) is 106 Å². The van der Waals surface area contributed by atoms with Gasteiger partial charge in [-0.05, 0) is 128 Å². The maximum atomic E-state index is 14.0. The number of carbonyl (C=O) groups is 3. The van der Waals surface area contributed by atoms with Gasteiger partial charge in [-0.3, -0.25) is 9.59 Å². The lowest BCUT2D eigenvalue weighted by Crippen LogP contribution is -2.34. The number of nitrogens with zero attached hydrogens (tertiary/aromatic N) is 6. The van der Waals surface area contributed by atoms with Gasteiger partial charge in [0.1, 0.15) is 11.4 Å². The average Bonchev–Trinajstić information content (AvgIpc) is 4.04. The van der Waals surface area contributed by atoms with Crippen LogP contribution in [0.25, 0.3) is 32.0 Å². The van der Waals surface area contributed by atoms with Crippen molar-refractivity contribution in [1.82, 2.24) is 15.0 Å². The molecule has 272 valence electrons. The molecule has 0 saturated heterocycles. The van der Waals surface area contributed by atoms with Crippen LogP contribution in [0.5, 0.6) is 0 Å². The van der Waals surface area contributed by atoms with Crippen molar-refractivity contribution < 1.29 is 19.5 Å². The number of amides is 2. The lowest BCUT2D eigenvalue weighted by Gasteiger charge is -2.36. The molecular formula is C42H34N8O4S. The van der Waals surface area contributed by atoms with E-state index in [-0.39, 0.29) is 17.5 Å². The highest BCUT2D eigenvalue weighted by atomic mass is 32.1. The zero-order valence-electron chi connectivity index (χ0n) is 29.7. The molecule has 7 aromatic rings. The molecule has 0 aliphatic carbocycles. The van der Waals surface area contributed by atoms with Crippen molar-refractivity contribution in [3.63, 3.8) is 0 Å². The van der Waals surface area contributed by atoms with Gasteiger partial charge in [-0.2, -0.15) is 0 Å². The molecule has 4 aromatic carbocycles. The summed E-state index contributed by atoms with van der Waals surface area (Å²) in [6.45, 7) is 3.31. The van der Waals surface area contributed by atoms with E-state index in [2.05, 4.69) is 37.2 Å². The average molecular weight is 747 g/mol. The molecule has 0 bridgehead atoms. The van der Waals surface area contributed by atoms with Gasteiger partial charge in [0, 0.05) is 70.6 Å². The highest BCUT2D eigenvalue weighted by molar-refractivity contribution is 7.21. The Morgan fingerprint density at radius 1 is 0.691 bits per heavy atom. The SMILES string of the molecule is O=C(O)c1cc2c3c(ccc2[nH]1)N(C(=O)c1cc2c4c(ccc2[nH]1)N(C(=O)c1ccc2nc(N=Nc5cc6c7c(c5)CCCN7CCC6)sc2c1)CC4)CC3. The summed E-state index contributed by atoms with van der Waals surface area (Å²) in [5, 5.41) is 20.9. The normalized spacial score (nSPS) is 16.1. The quantitative estimate of drug-likeness (QED) is 0.150. The van der Waals surface area contributed by atoms with Crippen LogP contribution in [0.3, 0.4) is 0 Å². The number of anilines is 3. The van der Waals surface area contributed by atoms with Crippen LogP contribution in [0, 0.1) is 0 Å². The number of carboxylic acid groups (broad SMARTS) is 1. The molecule has 0 radical (unpaired) electrons. The minimum Gasteiger partial charge on any atom is -0.477 e. The number of benzene rings is 4. The van der Waals surface area contributed by atoms with E-state index in [0.717, 1.165) is 86.1 Å². The zero-order valence-corrected chi connectivity index (χ0v) is 30.5. The summed E-state index contributed by atoms with van der Waals surface area (Å²) in [4.78, 5) is 56.5.